The van der Waals surface area contributed by atoms with E-state index in [1.165, 1.54) is 19.4 Å². The van der Waals surface area contributed by atoms with Crippen LogP contribution in [0.25, 0.3) is 0 Å². The Labute approximate surface area is 64.0 Å². The van der Waals surface area contributed by atoms with Crippen molar-refractivity contribution in [3.8, 4) is 0 Å². The number of nitrogens with one attached hydrogen (secondary N) is 1. The van der Waals surface area contributed by atoms with Crippen molar-refractivity contribution in [1.29, 1.82) is 0 Å². The highest BCUT2D eigenvalue weighted by atomic mass is 32.1. The largest absolute Gasteiger partial charge is 0.326 e. The normalized spacial score (nSPS) is 9.30. The van der Waals surface area contributed by atoms with Gasteiger partial charge in [-0.15, -0.1) is 0 Å². The summed E-state index contributed by atoms with van der Waals surface area (Å²) in [6, 6.07) is 1.84. The monoisotopic (exact) mass is 154 g/mol. The maximum Gasteiger partial charge on any atom is 0.216 e. The first-order valence-corrected chi connectivity index (χ1v) is 3.67. The van der Waals surface area contributed by atoms with Crippen molar-refractivity contribution in [3.63, 3.8) is 0 Å². The molecule has 0 radical (unpaired) electrons. The van der Waals surface area contributed by atoms with Gasteiger partial charge in [-0.25, -0.2) is 0 Å². The van der Waals surface area contributed by atoms with Crippen LogP contribution in [0.1, 0.15) is 5.69 Å². The van der Waals surface area contributed by atoms with Crippen molar-refractivity contribution in [3.05, 3.63) is 11.8 Å². The van der Waals surface area contributed by atoms with Gasteiger partial charge in [0.05, 0.1) is 5.69 Å². The molecule has 0 aromatic carbocycles. The van der Waals surface area contributed by atoms with Crippen LogP contribution < -0.4 is 5.32 Å². The average molecular weight is 154 g/mol. The Morgan fingerprint density at radius 2 is 2.60 bits per heavy atom. The van der Waals surface area contributed by atoms with Crippen molar-refractivity contribution in [1.82, 2.24) is 4.37 Å². The molecule has 1 aromatic rings. The van der Waals surface area contributed by atoms with Crippen LogP contribution >= 0.6 is 11.5 Å². The first kappa shape index (κ1) is 7.27. The molecule has 10 heavy (non-hydrogen) atoms. The third kappa shape index (κ3) is 1.84. The number of aryl methyl sites for hydroxylation is 1. The molecule has 0 saturated heterocycles. The van der Waals surface area contributed by atoms with Crippen LogP contribution in [-0.2, 0) is 0 Å². The van der Waals surface area contributed by atoms with Gasteiger partial charge < -0.3 is 5.32 Å². The van der Waals surface area contributed by atoms with E-state index in [1.807, 2.05) is 13.0 Å². The summed E-state index contributed by atoms with van der Waals surface area (Å²) in [5.74, 6) is -0.0522. The van der Waals surface area contributed by atoms with Gasteiger partial charge in [0.15, 0.2) is 5.81 Å². The maximum atomic E-state index is 10.5. The second-order valence-electron chi connectivity index (χ2n) is 2.01. The van der Waals surface area contributed by atoms with E-state index in [2.05, 4.69) is 9.69 Å². The van der Waals surface area contributed by atoms with E-state index in [4.69, 9.17) is 0 Å². The molecule has 0 aliphatic heterocycles. The van der Waals surface area contributed by atoms with Crippen LogP contribution in [0.3, 0.4) is 0 Å². The van der Waals surface area contributed by atoms with Crippen molar-refractivity contribution in [2.45, 2.75) is 6.92 Å². The molecule has 52 valence electrons. The molecule has 5 heteroatoms. The quantitative estimate of drug-likeness (QED) is 0.602. The summed E-state index contributed by atoms with van der Waals surface area (Å²) >= 11 is 1.30. The second-order valence-corrected chi connectivity index (χ2v) is 2.82. The summed E-state index contributed by atoms with van der Waals surface area (Å²) in [7, 11) is 1.48. The fraction of sp³-hybridized carbons (Fsp3) is 0.200. The Balaban J connectivity index is 2.67. The molecule has 0 bridgehead atoms. The summed E-state index contributed by atoms with van der Waals surface area (Å²) in [4.78, 5) is 10.5. The number of hydrogen-bond acceptors (Lipinski definition) is 3. The number of hydrogen-bond donors (Lipinski definition) is 1. The average Bonchev–Trinajstić information content (AvgIpc) is 2.13. The Bertz CT molecular complexity index is 248. The standard InChI is InChI=1S/C5H7BN2OS/c1-3-2-4(10-8-3)7-5(6)9/h2H,6H2,1H3,(H,7,9). The third-order valence-corrected chi connectivity index (χ3v) is 1.72. The lowest BCUT2D eigenvalue weighted by atomic mass is 10.1. The third-order valence-electron chi connectivity index (χ3n) is 0.927. The zero-order chi connectivity index (χ0) is 7.56. The smallest absolute Gasteiger partial charge is 0.216 e. The Morgan fingerprint density at radius 3 is 3.00 bits per heavy atom. The van der Waals surface area contributed by atoms with Crippen LogP contribution in [0.4, 0.5) is 9.80 Å². The fourth-order valence-corrected chi connectivity index (χ4v) is 1.30. The highest BCUT2D eigenvalue weighted by Crippen LogP contribution is 2.14. The summed E-state index contributed by atoms with van der Waals surface area (Å²) in [6.07, 6.45) is 0. The number of anilines is 1. The zero-order valence-corrected chi connectivity index (χ0v) is 6.66. The van der Waals surface area contributed by atoms with Gasteiger partial charge in [-0.1, -0.05) is 0 Å². The van der Waals surface area contributed by atoms with Crippen molar-refractivity contribution in [2.24, 2.45) is 0 Å². The minimum atomic E-state index is -0.0522. The molecule has 1 amide bonds. The van der Waals surface area contributed by atoms with Gasteiger partial charge in [-0.05, 0) is 24.5 Å². The first-order valence-electron chi connectivity index (χ1n) is 2.89. The summed E-state index contributed by atoms with van der Waals surface area (Å²) in [5.41, 5.74) is 0.939. The molecule has 3 nitrogen and oxygen atoms in total. The molecule has 0 aliphatic carbocycles. The number of aromatic nitrogens is 1. The van der Waals surface area contributed by atoms with E-state index < -0.39 is 0 Å². The van der Waals surface area contributed by atoms with Gasteiger partial charge in [-0.2, -0.15) is 4.37 Å². The minimum absolute atomic E-state index is 0.0522. The van der Waals surface area contributed by atoms with E-state index >= 15 is 0 Å². The van der Waals surface area contributed by atoms with E-state index in [9.17, 15) is 4.79 Å². The van der Waals surface area contributed by atoms with Gasteiger partial charge in [-0.3, -0.25) is 4.79 Å². The number of carbonyl (C=O) groups excluding carboxylic acids is 1. The Morgan fingerprint density at radius 1 is 1.90 bits per heavy atom. The van der Waals surface area contributed by atoms with Crippen molar-refractivity contribution >= 4 is 30.2 Å². The molecule has 1 aromatic heterocycles. The molecule has 0 atom stereocenters. The number of nitrogens with zero attached hydrogens (tertiary/aromatic N) is 1. The number of amides is 1. The molecule has 1 heterocycles. The maximum absolute atomic E-state index is 10.5. The van der Waals surface area contributed by atoms with Gasteiger partial charge in [0.25, 0.3) is 0 Å². The highest BCUT2D eigenvalue weighted by Gasteiger charge is 1.97. The van der Waals surface area contributed by atoms with Crippen LogP contribution in [0.2, 0.25) is 0 Å². The second kappa shape index (κ2) is 2.83. The fourth-order valence-electron chi connectivity index (χ4n) is 0.596. The highest BCUT2D eigenvalue weighted by molar-refractivity contribution is 7.10. The van der Waals surface area contributed by atoms with E-state index in [1.54, 1.807) is 0 Å². The van der Waals surface area contributed by atoms with Crippen molar-refractivity contribution in [2.75, 3.05) is 5.32 Å². The lowest BCUT2D eigenvalue weighted by molar-refractivity contribution is 0.269. The molecular weight excluding hydrogens is 147 g/mol. The molecule has 0 aliphatic rings. The first-order chi connectivity index (χ1) is 4.68. The summed E-state index contributed by atoms with van der Waals surface area (Å²) in [5, 5.41) is 3.45. The van der Waals surface area contributed by atoms with Gasteiger partial charge in [0, 0.05) is 0 Å². The molecule has 0 saturated carbocycles. The topological polar surface area (TPSA) is 42.0 Å². The molecule has 0 fully saturated rings. The number of carbonyl (C=O) groups is 1. The van der Waals surface area contributed by atoms with E-state index in [0.717, 1.165) is 10.7 Å². The van der Waals surface area contributed by atoms with Gasteiger partial charge in [0.1, 0.15) is 5.00 Å². The van der Waals surface area contributed by atoms with Crippen LogP contribution in [0, 0.1) is 6.92 Å². The molecular formula is C5H7BN2OS. The van der Waals surface area contributed by atoms with E-state index in [0.29, 0.717) is 0 Å². The molecule has 0 unspecified atom stereocenters. The predicted molar refractivity (Wildman–Crippen MR) is 44.4 cm³/mol. The van der Waals surface area contributed by atoms with Crippen LogP contribution in [0.5, 0.6) is 0 Å². The van der Waals surface area contributed by atoms with Crippen molar-refractivity contribution < 1.29 is 4.79 Å². The predicted octanol–water partition coefficient (Wildman–Crippen LogP) is 0.617. The van der Waals surface area contributed by atoms with E-state index in [-0.39, 0.29) is 5.81 Å². The molecule has 0 spiro atoms. The molecule has 1 N–H and O–H groups in total. The van der Waals surface area contributed by atoms with Crippen LogP contribution in [-0.4, -0.2) is 18.0 Å². The molecule has 1 rings (SSSR count). The lowest BCUT2D eigenvalue weighted by Gasteiger charge is -1.92. The number of rotatable bonds is 1. The van der Waals surface area contributed by atoms with Crippen LogP contribution in [0.15, 0.2) is 6.07 Å². The summed E-state index contributed by atoms with van der Waals surface area (Å²) in [6.45, 7) is 1.89. The SMILES string of the molecule is BC(=O)Nc1cc(C)ns1. The van der Waals surface area contributed by atoms with Gasteiger partial charge in [0.2, 0.25) is 7.85 Å². The van der Waals surface area contributed by atoms with Gasteiger partial charge >= 0.3 is 0 Å². The Hall–Kier alpha value is -0.835. The lowest BCUT2D eigenvalue weighted by Crippen LogP contribution is -2.06. The summed E-state index contributed by atoms with van der Waals surface area (Å²) < 4.78 is 4.00. The Kier molecular flexibility index (Phi) is 2.06. The minimum Gasteiger partial charge on any atom is -0.326 e. The zero-order valence-electron chi connectivity index (χ0n) is 5.84.